The zero-order chi connectivity index (χ0) is 15.4. The third kappa shape index (κ3) is 4.55. The molecular weight excluding hydrogens is 367 g/mol. The maximum absolute atomic E-state index is 5.48. The average Bonchev–Trinajstić information content (AvgIpc) is 3.10. The zero-order valence-corrected chi connectivity index (χ0v) is 16.3. The third-order valence-corrected chi connectivity index (χ3v) is 4.98. The van der Waals surface area contributed by atoms with E-state index in [-0.39, 0.29) is 30.9 Å². The Morgan fingerprint density at radius 1 is 1.04 bits per heavy atom. The van der Waals surface area contributed by atoms with E-state index in [2.05, 4.69) is 39.9 Å². The lowest BCUT2D eigenvalue weighted by Gasteiger charge is -2.35. The highest BCUT2D eigenvalue weighted by Gasteiger charge is 2.25. The molecule has 1 aromatic heterocycles. The van der Waals surface area contributed by atoms with Crippen LogP contribution in [0.5, 0.6) is 11.5 Å². The maximum Gasteiger partial charge on any atom is 0.161 e. The lowest BCUT2D eigenvalue weighted by molar-refractivity contribution is 0.200. The van der Waals surface area contributed by atoms with E-state index in [1.807, 2.05) is 17.4 Å². The fourth-order valence-electron chi connectivity index (χ4n) is 2.97. The molecule has 24 heavy (non-hydrogen) atoms. The van der Waals surface area contributed by atoms with Crippen molar-refractivity contribution in [3.8, 4) is 11.5 Å². The van der Waals surface area contributed by atoms with Gasteiger partial charge in [0.1, 0.15) is 0 Å². The normalized spacial score (nSPS) is 15.8. The number of nitrogens with zero attached hydrogens (tertiary/aromatic N) is 1. The van der Waals surface area contributed by atoms with Crippen LogP contribution >= 0.6 is 36.2 Å². The molecule has 1 atom stereocenters. The lowest BCUT2D eigenvalue weighted by Crippen LogP contribution is -2.45. The highest BCUT2D eigenvalue weighted by Crippen LogP contribution is 2.36. The molecule has 0 saturated carbocycles. The van der Waals surface area contributed by atoms with Gasteiger partial charge in [0.15, 0.2) is 11.5 Å². The predicted octanol–water partition coefficient (Wildman–Crippen LogP) is 3.60. The van der Waals surface area contributed by atoms with Crippen LogP contribution in [0.25, 0.3) is 0 Å². The van der Waals surface area contributed by atoms with Crippen molar-refractivity contribution in [2.45, 2.75) is 6.04 Å². The second-order valence-electron chi connectivity index (χ2n) is 5.32. The van der Waals surface area contributed by atoms with Crippen molar-refractivity contribution < 1.29 is 9.47 Å². The first-order valence-electron chi connectivity index (χ1n) is 7.53. The molecule has 1 fully saturated rings. The number of nitrogens with one attached hydrogen (secondary N) is 1. The summed E-state index contributed by atoms with van der Waals surface area (Å²) in [5.41, 5.74) is 1.25. The van der Waals surface area contributed by atoms with Crippen LogP contribution in [0.4, 0.5) is 0 Å². The van der Waals surface area contributed by atoms with E-state index in [9.17, 15) is 0 Å². The van der Waals surface area contributed by atoms with Gasteiger partial charge in [0.2, 0.25) is 0 Å². The molecule has 134 valence electrons. The standard InChI is InChI=1S/C17H22N2O2S.2ClH/c1-20-14-6-5-13(12-15(14)21-2)17(16-4-3-11-22-16)19-9-7-18-8-10-19;;/h3-6,11-12,17-18H,7-10H2,1-2H3;2*1H/t17-;;/m1../s1. The average molecular weight is 391 g/mol. The molecule has 1 aromatic carbocycles. The summed E-state index contributed by atoms with van der Waals surface area (Å²) in [6, 6.07) is 10.9. The molecule has 0 unspecified atom stereocenters. The highest BCUT2D eigenvalue weighted by molar-refractivity contribution is 7.10. The van der Waals surface area contributed by atoms with Crippen molar-refractivity contribution in [2.24, 2.45) is 0 Å². The van der Waals surface area contributed by atoms with Gasteiger partial charge in [-0.25, -0.2) is 0 Å². The third-order valence-electron chi connectivity index (χ3n) is 4.05. The summed E-state index contributed by atoms with van der Waals surface area (Å²) in [6.07, 6.45) is 0. The van der Waals surface area contributed by atoms with E-state index in [0.29, 0.717) is 0 Å². The van der Waals surface area contributed by atoms with Crippen molar-refractivity contribution in [3.05, 3.63) is 46.2 Å². The Morgan fingerprint density at radius 3 is 2.33 bits per heavy atom. The molecule has 3 rings (SSSR count). The minimum Gasteiger partial charge on any atom is -0.493 e. The van der Waals surface area contributed by atoms with Gasteiger partial charge in [-0.2, -0.15) is 0 Å². The molecule has 0 radical (unpaired) electrons. The predicted molar refractivity (Wildman–Crippen MR) is 105 cm³/mol. The Bertz CT molecular complexity index is 605. The Morgan fingerprint density at radius 2 is 1.75 bits per heavy atom. The molecule has 2 heterocycles. The summed E-state index contributed by atoms with van der Waals surface area (Å²) in [4.78, 5) is 3.90. The van der Waals surface area contributed by atoms with E-state index in [1.165, 1.54) is 10.4 Å². The lowest BCUT2D eigenvalue weighted by atomic mass is 10.0. The molecule has 2 aromatic rings. The van der Waals surface area contributed by atoms with Crippen molar-refractivity contribution >= 4 is 36.2 Å². The van der Waals surface area contributed by atoms with Gasteiger partial charge >= 0.3 is 0 Å². The van der Waals surface area contributed by atoms with Crippen LogP contribution in [0.15, 0.2) is 35.7 Å². The van der Waals surface area contributed by atoms with Gasteiger partial charge in [-0.15, -0.1) is 36.2 Å². The van der Waals surface area contributed by atoms with Crippen LogP contribution in [0.3, 0.4) is 0 Å². The molecule has 0 amide bonds. The van der Waals surface area contributed by atoms with Gasteiger partial charge < -0.3 is 14.8 Å². The molecule has 1 aliphatic rings. The fourth-order valence-corrected chi connectivity index (χ4v) is 3.85. The summed E-state index contributed by atoms with van der Waals surface area (Å²) in [5, 5.41) is 5.57. The van der Waals surface area contributed by atoms with Crippen molar-refractivity contribution in [1.82, 2.24) is 10.2 Å². The summed E-state index contributed by atoms with van der Waals surface area (Å²) >= 11 is 1.81. The fraction of sp³-hybridized carbons (Fsp3) is 0.412. The summed E-state index contributed by atoms with van der Waals surface area (Å²) in [5.74, 6) is 1.56. The molecule has 0 bridgehead atoms. The smallest absolute Gasteiger partial charge is 0.161 e. The van der Waals surface area contributed by atoms with Crippen LogP contribution in [0.1, 0.15) is 16.5 Å². The van der Waals surface area contributed by atoms with Crippen LogP contribution in [0, 0.1) is 0 Å². The molecule has 1 aliphatic heterocycles. The molecular formula is C17H24Cl2N2O2S. The number of rotatable bonds is 5. The zero-order valence-electron chi connectivity index (χ0n) is 13.9. The minimum absolute atomic E-state index is 0. The maximum atomic E-state index is 5.48. The van der Waals surface area contributed by atoms with E-state index in [0.717, 1.165) is 37.7 Å². The second-order valence-corrected chi connectivity index (χ2v) is 6.30. The summed E-state index contributed by atoms with van der Waals surface area (Å²) in [6.45, 7) is 4.18. The van der Waals surface area contributed by atoms with Crippen molar-refractivity contribution in [2.75, 3.05) is 40.4 Å². The number of benzene rings is 1. The number of methoxy groups -OCH3 is 2. The second kappa shape index (κ2) is 10.1. The summed E-state index contributed by atoms with van der Waals surface area (Å²) < 4.78 is 10.8. The largest absolute Gasteiger partial charge is 0.493 e. The van der Waals surface area contributed by atoms with E-state index in [1.54, 1.807) is 14.2 Å². The number of hydrogen-bond donors (Lipinski definition) is 1. The molecule has 0 aliphatic carbocycles. The van der Waals surface area contributed by atoms with Gasteiger partial charge in [-0.3, -0.25) is 4.90 Å². The molecule has 4 nitrogen and oxygen atoms in total. The SMILES string of the molecule is COc1ccc([C@H](c2cccs2)N2CCNCC2)cc1OC.Cl.Cl. The number of piperazine rings is 1. The Balaban J connectivity index is 0.00000144. The van der Waals surface area contributed by atoms with Gasteiger partial charge in [0.05, 0.1) is 20.3 Å². The van der Waals surface area contributed by atoms with E-state index in [4.69, 9.17) is 9.47 Å². The molecule has 0 spiro atoms. The van der Waals surface area contributed by atoms with E-state index < -0.39 is 0 Å². The minimum atomic E-state index is 0. The van der Waals surface area contributed by atoms with Gasteiger partial charge in [0.25, 0.3) is 0 Å². The molecule has 1 N–H and O–H groups in total. The van der Waals surface area contributed by atoms with Crippen molar-refractivity contribution in [3.63, 3.8) is 0 Å². The van der Waals surface area contributed by atoms with Gasteiger partial charge in [0, 0.05) is 31.1 Å². The first kappa shape index (κ1) is 21.1. The highest BCUT2D eigenvalue weighted by atomic mass is 35.5. The number of hydrogen-bond acceptors (Lipinski definition) is 5. The topological polar surface area (TPSA) is 33.7 Å². The Kier molecular flexibility index (Phi) is 8.87. The number of thiophene rings is 1. The van der Waals surface area contributed by atoms with Gasteiger partial charge in [-0.05, 0) is 29.1 Å². The van der Waals surface area contributed by atoms with Crippen LogP contribution in [-0.4, -0.2) is 45.3 Å². The number of ether oxygens (including phenoxy) is 2. The van der Waals surface area contributed by atoms with Gasteiger partial charge in [-0.1, -0.05) is 12.1 Å². The van der Waals surface area contributed by atoms with Crippen LogP contribution < -0.4 is 14.8 Å². The van der Waals surface area contributed by atoms with Crippen LogP contribution in [-0.2, 0) is 0 Å². The van der Waals surface area contributed by atoms with Crippen molar-refractivity contribution in [1.29, 1.82) is 0 Å². The molecule has 1 saturated heterocycles. The van der Waals surface area contributed by atoms with E-state index >= 15 is 0 Å². The number of halogens is 2. The summed E-state index contributed by atoms with van der Waals surface area (Å²) in [7, 11) is 3.36. The van der Waals surface area contributed by atoms with Crippen LogP contribution in [0.2, 0.25) is 0 Å². The Hall–Kier alpha value is -0.980. The monoisotopic (exact) mass is 390 g/mol. The quantitative estimate of drug-likeness (QED) is 0.845. The molecule has 7 heteroatoms. The first-order chi connectivity index (χ1) is 10.8. The Labute approximate surface area is 160 Å². The first-order valence-corrected chi connectivity index (χ1v) is 8.41.